The van der Waals surface area contributed by atoms with Gasteiger partial charge >= 0.3 is 6.09 Å². The quantitative estimate of drug-likeness (QED) is 0.448. The molecule has 7 heteroatoms. The maximum Gasteiger partial charge on any atom is 0.408 e. The van der Waals surface area contributed by atoms with Gasteiger partial charge < -0.3 is 10.1 Å². The minimum atomic E-state index is -0.828. The van der Waals surface area contributed by atoms with Gasteiger partial charge in [-0.2, -0.15) is 0 Å². The first-order chi connectivity index (χ1) is 9.71. The Morgan fingerprint density at radius 1 is 1.29 bits per heavy atom. The first kappa shape index (κ1) is 17.3. The van der Waals surface area contributed by atoms with Gasteiger partial charge in [0.15, 0.2) is 0 Å². The van der Waals surface area contributed by atoms with Crippen LogP contribution in [0.25, 0.3) is 0 Å². The molecule has 0 aliphatic heterocycles. The van der Waals surface area contributed by atoms with E-state index < -0.39 is 23.6 Å². The molecule has 6 nitrogen and oxygen atoms in total. The van der Waals surface area contributed by atoms with Crippen molar-refractivity contribution in [1.82, 2.24) is 10.7 Å². The number of ether oxygens (including phenoxy) is 1. The molecule has 0 saturated heterocycles. The summed E-state index contributed by atoms with van der Waals surface area (Å²) in [6.45, 7) is 5.22. The van der Waals surface area contributed by atoms with Gasteiger partial charge in [-0.25, -0.2) is 10.6 Å². The highest BCUT2D eigenvalue weighted by molar-refractivity contribution is 6.30. The van der Waals surface area contributed by atoms with Gasteiger partial charge in [0.1, 0.15) is 11.6 Å². The first-order valence-corrected chi connectivity index (χ1v) is 6.83. The number of hydrogen-bond acceptors (Lipinski definition) is 4. The molecule has 0 aliphatic carbocycles. The number of benzene rings is 1. The molecule has 0 radical (unpaired) electrons. The summed E-state index contributed by atoms with van der Waals surface area (Å²) in [5.74, 6) is 4.64. The summed E-state index contributed by atoms with van der Waals surface area (Å²) in [5, 5.41) is 3.10. The fourth-order valence-corrected chi connectivity index (χ4v) is 1.74. The minimum absolute atomic E-state index is 0.277. The summed E-state index contributed by atoms with van der Waals surface area (Å²) in [6.07, 6.45) is -0.399. The van der Waals surface area contributed by atoms with Crippen LogP contribution >= 0.6 is 11.6 Å². The maximum absolute atomic E-state index is 11.8. The molecule has 0 aliphatic rings. The highest BCUT2D eigenvalue weighted by atomic mass is 35.5. The summed E-state index contributed by atoms with van der Waals surface area (Å²) in [7, 11) is 0. The Morgan fingerprint density at radius 3 is 2.33 bits per heavy atom. The van der Waals surface area contributed by atoms with Crippen LogP contribution in [0.4, 0.5) is 4.79 Å². The lowest BCUT2D eigenvalue weighted by Gasteiger charge is -2.23. The van der Waals surface area contributed by atoms with E-state index in [9.17, 15) is 9.59 Å². The smallest absolute Gasteiger partial charge is 0.408 e. The second kappa shape index (κ2) is 7.28. The van der Waals surface area contributed by atoms with Crippen LogP contribution in [0.15, 0.2) is 24.3 Å². The van der Waals surface area contributed by atoms with Crippen molar-refractivity contribution < 1.29 is 14.3 Å². The lowest BCUT2D eigenvalue weighted by molar-refractivity contribution is -0.123. The monoisotopic (exact) mass is 313 g/mol. The molecule has 0 aromatic heterocycles. The normalized spacial score (nSPS) is 12.4. The molecule has 0 heterocycles. The van der Waals surface area contributed by atoms with Crippen molar-refractivity contribution in [2.45, 2.75) is 38.8 Å². The maximum atomic E-state index is 11.8. The zero-order chi connectivity index (χ0) is 16.0. The average molecular weight is 314 g/mol. The Balaban J connectivity index is 2.74. The van der Waals surface area contributed by atoms with Crippen LogP contribution in [0.5, 0.6) is 0 Å². The van der Waals surface area contributed by atoms with E-state index in [1.807, 2.05) is 5.43 Å². The molecule has 0 saturated carbocycles. The summed E-state index contributed by atoms with van der Waals surface area (Å²) in [6, 6.07) is 6.14. The summed E-state index contributed by atoms with van der Waals surface area (Å²) < 4.78 is 5.13. The first-order valence-electron chi connectivity index (χ1n) is 6.45. The van der Waals surface area contributed by atoms with Crippen LogP contribution in [0, 0.1) is 0 Å². The van der Waals surface area contributed by atoms with Crippen LogP contribution in [0.1, 0.15) is 26.3 Å². The molecule has 2 amide bonds. The molecule has 0 fully saturated rings. The van der Waals surface area contributed by atoms with Crippen molar-refractivity contribution in [2.75, 3.05) is 0 Å². The number of halogens is 1. The van der Waals surface area contributed by atoms with Gasteiger partial charge in [0, 0.05) is 11.4 Å². The van der Waals surface area contributed by atoms with E-state index in [0.717, 1.165) is 5.56 Å². The SMILES string of the molecule is CC(C)(C)OC(=O)N[C@H](Cc1ccc(Cl)cc1)C(=O)NN. The van der Waals surface area contributed by atoms with Crippen molar-refractivity contribution in [3.8, 4) is 0 Å². The molecule has 0 bridgehead atoms. The van der Waals surface area contributed by atoms with Gasteiger partial charge in [-0.1, -0.05) is 23.7 Å². The fourth-order valence-electron chi connectivity index (χ4n) is 1.62. The number of nitrogens with one attached hydrogen (secondary N) is 2. The molecule has 1 rings (SSSR count). The van der Waals surface area contributed by atoms with Gasteiger partial charge in [-0.15, -0.1) is 0 Å². The molecule has 4 N–H and O–H groups in total. The van der Waals surface area contributed by atoms with Gasteiger partial charge in [-0.05, 0) is 38.5 Å². The topological polar surface area (TPSA) is 93.4 Å². The van der Waals surface area contributed by atoms with Gasteiger partial charge in [0.2, 0.25) is 0 Å². The summed E-state index contributed by atoms with van der Waals surface area (Å²) >= 11 is 5.81. The number of alkyl carbamates (subject to hydrolysis) is 1. The number of carbonyl (C=O) groups excluding carboxylic acids is 2. The third kappa shape index (κ3) is 6.46. The predicted octanol–water partition coefficient (Wildman–Crippen LogP) is 1.77. The number of rotatable bonds is 4. The number of hydrogen-bond donors (Lipinski definition) is 3. The summed E-state index contributed by atoms with van der Waals surface area (Å²) in [5.41, 5.74) is 2.22. The molecular formula is C14H20ClN3O3. The van der Waals surface area contributed by atoms with E-state index in [1.165, 1.54) is 0 Å². The third-order valence-electron chi connectivity index (χ3n) is 2.50. The van der Waals surface area contributed by atoms with E-state index in [4.69, 9.17) is 22.2 Å². The molecular weight excluding hydrogens is 294 g/mol. The van der Waals surface area contributed by atoms with Crippen LogP contribution in [0.3, 0.4) is 0 Å². The Hall–Kier alpha value is -1.79. The number of nitrogens with two attached hydrogens (primary N) is 1. The van der Waals surface area contributed by atoms with E-state index in [0.29, 0.717) is 5.02 Å². The Bertz CT molecular complexity index is 497. The van der Waals surface area contributed by atoms with Gasteiger partial charge in [-0.3, -0.25) is 10.2 Å². The van der Waals surface area contributed by atoms with Crippen LogP contribution in [-0.4, -0.2) is 23.6 Å². The molecule has 0 unspecified atom stereocenters. The Labute approximate surface area is 129 Å². The van der Waals surface area contributed by atoms with Crippen LogP contribution in [-0.2, 0) is 16.0 Å². The van der Waals surface area contributed by atoms with Crippen molar-refractivity contribution >= 4 is 23.6 Å². The Morgan fingerprint density at radius 2 is 1.86 bits per heavy atom. The number of amides is 2. The average Bonchev–Trinajstić information content (AvgIpc) is 2.37. The molecule has 116 valence electrons. The Kier molecular flexibility index (Phi) is 5.99. The largest absolute Gasteiger partial charge is 0.444 e. The lowest BCUT2D eigenvalue weighted by Crippen LogP contribution is -2.51. The molecule has 1 atom stereocenters. The van der Waals surface area contributed by atoms with E-state index in [1.54, 1.807) is 45.0 Å². The van der Waals surface area contributed by atoms with Crippen LogP contribution in [0.2, 0.25) is 5.02 Å². The van der Waals surface area contributed by atoms with Gasteiger partial charge in [0.05, 0.1) is 0 Å². The second-order valence-electron chi connectivity index (χ2n) is 5.54. The van der Waals surface area contributed by atoms with Crippen molar-refractivity contribution in [1.29, 1.82) is 0 Å². The summed E-state index contributed by atoms with van der Waals surface area (Å²) in [4.78, 5) is 23.5. The minimum Gasteiger partial charge on any atom is -0.444 e. The zero-order valence-corrected chi connectivity index (χ0v) is 13.0. The third-order valence-corrected chi connectivity index (χ3v) is 2.75. The zero-order valence-electron chi connectivity index (χ0n) is 12.3. The van der Waals surface area contributed by atoms with E-state index >= 15 is 0 Å². The van der Waals surface area contributed by atoms with Crippen molar-refractivity contribution in [3.05, 3.63) is 34.9 Å². The molecule has 1 aromatic rings. The van der Waals surface area contributed by atoms with Gasteiger partial charge in [0.25, 0.3) is 5.91 Å². The van der Waals surface area contributed by atoms with Crippen molar-refractivity contribution in [2.24, 2.45) is 5.84 Å². The number of carbonyl (C=O) groups is 2. The van der Waals surface area contributed by atoms with E-state index in [2.05, 4.69) is 5.32 Å². The van der Waals surface area contributed by atoms with Crippen LogP contribution < -0.4 is 16.6 Å². The fraction of sp³-hybridized carbons (Fsp3) is 0.429. The number of hydrazine groups is 1. The molecule has 0 spiro atoms. The molecule has 1 aromatic carbocycles. The highest BCUT2D eigenvalue weighted by Crippen LogP contribution is 2.12. The lowest BCUT2D eigenvalue weighted by atomic mass is 10.1. The second-order valence-corrected chi connectivity index (χ2v) is 5.97. The van der Waals surface area contributed by atoms with E-state index in [-0.39, 0.29) is 6.42 Å². The highest BCUT2D eigenvalue weighted by Gasteiger charge is 2.24. The molecule has 21 heavy (non-hydrogen) atoms. The standard InChI is InChI=1S/C14H20ClN3O3/c1-14(2,3)21-13(20)17-11(12(19)18-16)8-9-4-6-10(15)7-5-9/h4-7,11H,8,16H2,1-3H3,(H,17,20)(H,18,19)/t11-/m1/s1. The van der Waals surface area contributed by atoms with Crippen molar-refractivity contribution in [3.63, 3.8) is 0 Å². The predicted molar refractivity (Wildman–Crippen MR) is 80.6 cm³/mol.